The highest BCUT2D eigenvalue weighted by atomic mass is 16.3. The number of hydrogen-bond acceptors (Lipinski definition) is 3. The van der Waals surface area contributed by atoms with E-state index in [1.54, 1.807) is 0 Å². The first kappa shape index (κ1) is 5.94. The summed E-state index contributed by atoms with van der Waals surface area (Å²) in [5.74, 6) is 0. The van der Waals surface area contributed by atoms with Gasteiger partial charge in [-0.15, -0.1) is 0 Å². The van der Waals surface area contributed by atoms with Gasteiger partial charge in [0, 0.05) is 0 Å². The van der Waals surface area contributed by atoms with Crippen molar-refractivity contribution in [2.24, 2.45) is 0 Å². The second-order valence-electron chi connectivity index (χ2n) is 1.02. The zero-order valence-electron chi connectivity index (χ0n) is 3.33. The van der Waals surface area contributed by atoms with Crippen LogP contribution in [-0.4, -0.2) is 35.3 Å². The van der Waals surface area contributed by atoms with E-state index in [0.717, 1.165) is 0 Å². The molecule has 0 aliphatic carbocycles. The summed E-state index contributed by atoms with van der Waals surface area (Å²) in [6, 6.07) is -0.954. The summed E-state index contributed by atoms with van der Waals surface area (Å²) in [7, 11) is -0.365. The second kappa shape index (κ2) is 3.15. The van der Waals surface area contributed by atoms with E-state index in [0.29, 0.717) is 0 Å². The molecule has 0 bridgehead atoms. The quantitative estimate of drug-likeness (QED) is 0.332. The first-order chi connectivity index (χ1) is 2.81. The van der Waals surface area contributed by atoms with Crippen LogP contribution in [0.5, 0.6) is 0 Å². The Bertz CT molecular complexity index is 28.0. The summed E-state index contributed by atoms with van der Waals surface area (Å²) in [6.07, 6.45) is 0. The van der Waals surface area contributed by atoms with Gasteiger partial charge >= 0.3 is 7.48 Å². The van der Waals surface area contributed by atoms with Crippen molar-refractivity contribution in [2.45, 2.75) is 6.00 Å². The molecular weight excluding hydrogens is 82.8 g/mol. The molecule has 0 rings (SSSR count). The van der Waals surface area contributed by atoms with Crippen LogP contribution >= 0.6 is 0 Å². The molecular formula is C2H7BO3. The lowest BCUT2D eigenvalue weighted by Gasteiger charge is -1.94. The average Bonchev–Trinajstić information content (AvgIpc) is 1.65. The fraction of sp³-hybridized carbons (Fsp3) is 1.00. The lowest BCUT2D eigenvalue weighted by molar-refractivity contribution is 0.144. The molecule has 0 aromatic rings. The first-order valence-corrected chi connectivity index (χ1v) is 1.71. The van der Waals surface area contributed by atoms with E-state index in [1.807, 2.05) is 0 Å². The molecule has 0 aromatic carbocycles. The summed E-state index contributed by atoms with van der Waals surface area (Å²) >= 11 is 0. The summed E-state index contributed by atoms with van der Waals surface area (Å²) in [6.45, 7) is -0.365. The molecule has 0 radical (unpaired) electrons. The van der Waals surface area contributed by atoms with E-state index in [4.69, 9.17) is 15.2 Å². The summed E-state index contributed by atoms with van der Waals surface area (Å²) in [5.41, 5.74) is 0. The average molecular weight is 89.9 g/mol. The van der Waals surface area contributed by atoms with E-state index < -0.39 is 6.00 Å². The molecule has 0 amide bonds. The fourth-order valence-electron chi connectivity index (χ4n) is 0.0577. The van der Waals surface area contributed by atoms with Crippen molar-refractivity contribution in [1.82, 2.24) is 0 Å². The molecule has 0 aliphatic rings. The highest BCUT2D eigenvalue weighted by molar-refractivity contribution is 6.27. The highest BCUT2D eigenvalue weighted by Crippen LogP contribution is 1.68. The van der Waals surface area contributed by atoms with E-state index >= 15 is 0 Å². The van der Waals surface area contributed by atoms with Gasteiger partial charge in [0.1, 0.15) is 0 Å². The minimum absolute atomic E-state index is 0.365. The zero-order chi connectivity index (χ0) is 4.99. The Morgan fingerprint density at radius 1 is 1.67 bits per heavy atom. The lowest BCUT2D eigenvalue weighted by Crippen LogP contribution is -2.19. The van der Waals surface area contributed by atoms with Crippen LogP contribution in [-0.2, 0) is 0 Å². The largest absolute Gasteiger partial charge is 0.451 e. The lowest BCUT2D eigenvalue weighted by atomic mass is 9.93. The van der Waals surface area contributed by atoms with E-state index in [2.05, 4.69) is 0 Å². The third kappa shape index (κ3) is 2.20. The molecule has 6 heavy (non-hydrogen) atoms. The number of aliphatic hydroxyl groups excluding tert-OH is 2. The van der Waals surface area contributed by atoms with Crippen molar-refractivity contribution < 1.29 is 15.2 Å². The van der Waals surface area contributed by atoms with Gasteiger partial charge in [0.15, 0.2) is 0 Å². The predicted octanol–water partition coefficient (Wildman–Crippen LogP) is -2.36. The first-order valence-electron chi connectivity index (χ1n) is 1.71. The van der Waals surface area contributed by atoms with E-state index in [-0.39, 0.29) is 14.1 Å². The Labute approximate surface area is 36.5 Å². The highest BCUT2D eigenvalue weighted by Gasteiger charge is 1.97. The van der Waals surface area contributed by atoms with Crippen molar-refractivity contribution >= 4 is 7.48 Å². The van der Waals surface area contributed by atoms with Gasteiger partial charge in [-0.3, -0.25) is 0 Å². The summed E-state index contributed by atoms with van der Waals surface area (Å²) in [5, 5.41) is 24.0. The Morgan fingerprint density at radius 3 is 2.17 bits per heavy atom. The van der Waals surface area contributed by atoms with Gasteiger partial charge < -0.3 is 15.2 Å². The molecule has 0 aromatic heterocycles. The molecule has 0 saturated carbocycles. The minimum Gasteiger partial charge on any atom is -0.451 e. The van der Waals surface area contributed by atoms with Crippen molar-refractivity contribution in [3.63, 3.8) is 0 Å². The van der Waals surface area contributed by atoms with Gasteiger partial charge in [0.2, 0.25) is 0 Å². The van der Waals surface area contributed by atoms with Crippen LogP contribution in [0.2, 0.25) is 0 Å². The predicted molar refractivity (Wildman–Crippen MR) is 22.5 cm³/mol. The van der Waals surface area contributed by atoms with Crippen LogP contribution in [0.25, 0.3) is 0 Å². The fourth-order valence-corrected chi connectivity index (χ4v) is 0.0577. The van der Waals surface area contributed by atoms with Gasteiger partial charge in [-0.05, 0) is 0 Å². The van der Waals surface area contributed by atoms with Crippen LogP contribution < -0.4 is 0 Å². The maximum Gasteiger partial charge on any atom is 0.302 e. The molecule has 36 valence electrons. The topological polar surface area (TPSA) is 60.7 Å². The third-order valence-corrected chi connectivity index (χ3v) is 0.421. The Hall–Kier alpha value is -0.0551. The standard InChI is InChI=1S/C2H7BO3/c4-1-2(5)3-6/h2-6H,1H2. The molecule has 3 N–H and O–H groups in total. The van der Waals surface area contributed by atoms with Gasteiger partial charge in [0.25, 0.3) is 0 Å². The van der Waals surface area contributed by atoms with Crippen LogP contribution in [0.15, 0.2) is 0 Å². The monoisotopic (exact) mass is 90.0 g/mol. The van der Waals surface area contributed by atoms with Crippen LogP contribution in [0.4, 0.5) is 0 Å². The molecule has 0 spiro atoms. The zero-order valence-corrected chi connectivity index (χ0v) is 3.33. The van der Waals surface area contributed by atoms with Gasteiger partial charge in [-0.1, -0.05) is 0 Å². The Balaban J connectivity index is 2.75. The third-order valence-electron chi connectivity index (χ3n) is 0.421. The summed E-state index contributed by atoms with van der Waals surface area (Å²) < 4.78 is 0. The summed E-state index contributed by atoms with van der Waals surface area (Å²) in [4.78, 5) is 0. The maximum absolute atomic E-state index is 8.17. The Morgan fingerprint density at radius 2 is 2.17 bits per heavy atom. The maximum atomic E-state index is 8.17. The molecule has 3 nitrogen and oxygen atoms in total. The van der Waals surface area contributed by atoms with Crippen molar-refractivity contribution in [2.75, 3.05) is 6.61 Å². The molecule has 0 fully saturated rings. The van der Waals surface area contributed by atoms with Gasteiger partial charge in [-0.2, -0.15) is 0 Å². The Kier molecular flexibility index (Phi) is 3.12. The number of hydrogen-bond donors (Lipinski definition) is 3. The van der Waals surface area contributed by atoms with E-state index in [1.165, 1.54) is 0 Å². The second-order valence-corrected chi connectivity index (χ2v) is 1.02. The molecule has 1 unspecified atom stereocenters. The normalized spacial score (nSPS) is 13.8. The van der Waals surface area contributed by atoms with Crippen molar-refractivity contribution in [3.05, 3.63) is 0 Å². The van der Waals surface area contributed by atoms with Crippen molar-refractivity contribution in [3.8, 4) is 0 Å². The number of aliphatic hydroxyl groups is 2. The van der Waals surface area contributed by atoms with Crippen LogP contribution in [0.1, 0.15) is 0 Å². The smallest absolute Gasteiger partial charge is 0.302 e. The van der Waals surface area contributed by atoms with Gasteiger partial charge in [0.05, 0.1) is 12.6 Å². The molecule has 0 heterocycles. The SMILES string of the molecule is OBC(O)CO. The molecule has 1 atom stereocenters. The number of rotatable bonds is 2. The minimum atomic E-state index is -0.954. The molecule has 0 aliphatic heterocycles. The van der Waals surface area contributed by atoms with Crippen LogP contribution in [0.3, 0.4) is 0 Å². The molecule has 4 heteroatoms. The van der Waals surface area contributed by atoms with Crippen LogP contribution in [0, 0.1) is 0 Å². The van der Waals surface area contributed by atoms with E-state index in [9.17, 15) is 0 Å². The molecule has 0 saturated heterocycles. The van der Waals surface area contributed by atoms with Crippen molar-refractivity contribution in [1.29, 1.82) is 0 Å². The van der Waals surface area contributed by atoms with Gasteiger partial charge in [-0.25, -0.2) is 0 Å².